The maximum Gasteiger partial charge on any atom is 0.487 e. The van der Waals surface area contributed by atoms with Crippen molar-refractivity contribution in [2.75, 3.05) is 0 Å². The molecule has 1 aromatic carbocycles. The lowest BCUT2D eigenvalue weighted by molar-refractivity contribution is -0.138. The van der Waals surface area contributed by atoms with E-state index in [4.69, 9.17) is 0 Å². The Balaban J connectivity index is 3.10. The lowest BCUT2D eigenvalue weighted by atomic mass is 10.2. The van der Waals surface area contributed by atoms with Gasteiger partial charge in [0.25, 0.3) is 0 Å². The Kier molecular flexibility index (Phi) is 3.69. The SMILES string of the molecule is FC(F)(Cl)Oc1cc(C(F)(F)F)ccc1Br. The van der Waals surface area contributed by atoms with Crippen LogP contribution in [0.4, 0.5) is 22.0 Å². The maximum atomic E-state index is 12.3. The molecule has 1 aromatic rings. The quantitative estimate of drug-likeness (QED) is 0.569. The predicted octanol–water partition coefficient (Wildman–Crippen LogP) is 4.64. The van der Waals surface area contributed by atoms with Crippen molar-refractivity contribution >= 4 is 27.5 Å². The molecule has 0 heterocycles. The molecule has 8 heteroatoms. The van der Waals surface area contributed by atoms with Crippen LogP contribution in [0.2, 0.25) is 0 Å². The molecule has 0 saturated carbocycles. The monoisotopic (exact) mass is 324 g/mol. The van der Waals surface area contributed by atoms with Gasteiger partial charge < -0.3 is 4.74 Å². The van der Waals surface area contributed by atoms with Crippen LogP contribution in [0.1, 0.15) is 5.56 Å². The molecular weight excluding hydrogens is 322 g/mol. The average Bonchev–Trinajstić information content (AvgIpc) is 2.04. The highest BCUT2D eigenvalue weighted by Gasteiger charge is 2.33. The summed E-state index contributed by atoms with van der Waals surface area (Å²) in [5.41, 5.74) is -5.17. The summed E-state index contributed by atoms with van der Waals surface area (Å²) in [6.45, 7) is 0. The van der Waals surface area contributed by atoms with E-state index in [9.17, 15) is 22.0 Å². The van der Waals surface area contributed by atoms with Crippen LogP contribution in [0.5, 0.6) is 5.75 Å². The fraction of sp³-hybridized carbons (Fsp3) is 0.250. The minimum absolute atomic E-state index is 0.0548. The van der Waals surface area contributed by atoms with Crippen LogP contribution in [-0.4, -0.2) is 5.57 Å². The number of alkyl halides is 6. The van der Waals surface area contributed by atoms with Crippen molar-refractivity contribution < 1.29 is 26.7 Å². The zero-order valence-electron chi connectivity index (χ0n) is 7.29. The highest BCUT2D eigenvalue weighted by molar-refractivity contribution is 9.10. The number of halogens is 7. The topological polar surface area (TPSA) is 9.23 Å². The van der Waals surface area contributed by atoms with E-state index in [1.54, 1.807) is 0 Å². The molecule has 0 N–H and O–H groups in total. The van der Waals surface area contributed by atoms with Gasteiger partial charge in [-0.1, -0.05) is 0 Å². The van der Waals surface area contributed by atoms with Crippen LogP contribution >= 0.6 is 27.5 Å². The maximum absolute atomic E-state index is 12.3. The molecule has 0 saturated heterocycles. The summed E-state index contributed by atoms with van der Waals surface area (Å²) in [5, 5.41) is 0. The molecule has 16 heavy (non-hydrogen) atoms. The number of ether oxygens (including phenoxy) is 1. The molecule has 0 aliphatic heterocycles. The Labute approximate surface area is 100 Å². The second-order valence-electron chi connectivity index (χ2n) is 2.69. The number of hydrogen-bond acceptors (Lipinski definition) is 1. The van der Waals surface area contributed by atoms with Gasteiger partial charge >= 0.3 is 11.7 Å². The van der Waals surface area contributed by atoms with Crippen LogP contribution in [0.3, 0.4) is 0 Å². The van der Waals surface area contributed by atoms with Crippen LogP contribution in [-0.2, 0) is 6.18 Å². The molecule has 0 atom stereocenters. The van der Waals surface area contributed by atoms with E-state index in [1.165, 1.54) is 0 Å². The van der Waals surface area contributed by atoms with Crippen molar-refractivity contribution in [2.24, 2.45) is 0 Å². The summed E-state index contributed by atoms with van der Waals surface area (Å²) in [6.07, 6.45) is -4.64. The molecule has 0 amide bonds. The smallest absolute Gasteiger partial charge is 0.419 e. The minimum atomic E-state index is -4.64. The molecule has 0 unspecified atom stereocenters. The van der Waals surface area contributed by atoms with Crippen molar-refractivity contribution in [1.29, 1.82) is 0 Å². The second kappa shape index (κ2) is 4.37. The van der Waals surface area contributed by atoms with Gasteiger partial charge in [0.1, 0.15) is 5.75 Å². The highest BCUT2D eigenvalue weighted by atomic mass is 79.9. The summed E-state index contributed by atoms with van der Waals surface area (Å²) in [6, 6.07) is 2.10. The summed E-state index contributed by atoms with van der Waals surface area (Å²) in [7, 11) is 0. The van der Waals surface area contributed by atoms with Crippen molar-refractivity contribution in [3.8, 4) is 5.75 Å². The third kappa shape index (κ3) is 3.79. The van der Waals surface area contributed by atoms with Gasteiger partial charge in [-0.3, -0.25) is 0 Å². The summed E-state index contributed by atoms with van der Waals surface area (Å²) in [4.78, 5) is 0. The van der Waals surface area contributed by atoms with Crippen LogP contribution in [0.25, 0.3) is 0 Å². The largest absolute Gasteiger partial charge is 0.487 e. The predicted molar refractivity (Wildman–Crippen MR) is 50.6 cm³/mol. The Morgan fingerprint density at radius 1 is 1.12 bits per heavy atom. The third-order valence-corrected chi connectivity index (χ3v) is 2.22. The van der Waals surface area contributed by atoms with E-state index in [0.29, 0.717) is 6.07 Å². The van der Waals surface area contributed by atoms with Crippen LogP contribution in [0.15, 0.2) is 22.7 Å². The molecule has 0 radical (unpaired) electrons. The van der Waals surface area contributed by atoms with E-state index in [1.807, 2.05) is 0 Å². The number of rotatable bonds is 2. The summed E-state index contributed by atoms with van der Waals surface area (Å²) in [5.74, 6) is -0.685. The average molecular weight is 325 g/mol. The van der Waals surface area contributed by atoms with E-state index in [-0.39, 0.29) is 4.47 Å². The van der Waals surface area contributed by atoms with Gasteiger partial charge in [0, 0.05) is 11.6 Å². The van der Waals surface area contributed by atoms with Gasteiger partial charge in [-0.15, -0.1) is 8.78 Å². The van der Waals surface area contributed by atoms with Crippen molar-refractivity contribution in [3.63, 3.8) is 0 Å². The standard InChI is InChI=1S/C8H3BrClF5O/c9-5-2-1-4(7(11,12)13)3-6(5)16-8(10,14)15/h1-3H. The normalized spacial score (nSPS) is 12.7. The molecule has 0 spiro atoms. The molecular formula is C8H3BrClF5O. The fourth-order valence-corrected chi connectivity index (χ4v) is 1.29. The fourth-order valence-electron chi connectivity index (χ4n) is 0.883. The Morgan fingerprint density at radius 3 is 2.12 bits per heavy atom. The molecule has 0 fully saturated rings. The van der Waals surface area contributed by atoms with Gasteiger partial charge in [-0.2, -0.15) is 13.2 Å². The van der Waals surface area contributed by atoms with Crippen LogP contribution in [0, 0.1) is 0 Å². The first-order valence-electron chi connectivity index (χ1n) is 3.72. The van der Waals surface area contributed by atoms with Crippen molar-refractivity contribution in [2.45, 2.75) is 11.7 Å². The van der Waals surface area contributed by atoms with E-state index in [2.05, 4.69) is 32.3 Å². The minimum Gasteiger partial charge on any atom is -0.419 e. The van der Waals surface area contributed by atoms with Gasteiger partial charge in [0.15, 0.2) is 0 Å². The van der Waals surface area contributed by atoms with E-state index in [0.717, 1.165) is 12.1 Å². The first-order chi connectivity index (χ1) is 7.09. The van der Waals surface area contributed by atoms with Gasteiger partial charge in [0.05, 0.1) is 10.0 Å². The summed E-state index contributed by atoms with van der Waals surface area (Å²) >= 11 is 7.21. The zero-order valence-corrected chi connectivity index (χ0v) is 9.63. The molecule has 1 nitrogen and oxygen atoms in total. The molecule has 0 aliphatic rings. The number of hydrogen-bond donors (Lipinski definition) is 0. The molecule has 0 aliphatic carbocycles. The van der Waals surface area contributed by atoms with Gasteiger partial charge in [-0.25, -0.2) is 0 Å². The first kappa shape index (κ1) is 13.5. The zero-order chi connectivity index (χ0) is 12.6. The lowest BCUT2D eigenvalue weighted by Gasteiger charge is -2.14. The van der Waals surface area contributed by atoms with Crippen molar-refractivity contribution in [1.82, 2.24) is 0 Å². The van der Waals surface area contributed by atoms with Gasteiger partial charge in [0.2, 0.25) is 0 Å². The first-order valence-corrected chi connectivity index (χ1v) is 4.89. The Morgan fingerprint density at radius 2 is 1.69 bits per heavy atom. The van der Waals surface area contributed by atoms with Crippen LogP contribution < -0.4 is 4.74 Å². The van der Waals surface area contributed by atoms with E-state index >= 15 is 0 Å². The summed E-state index contributed by atoms with van der Waals surface area (Å²) < 4.78 is 65.0. The molecule has 0 aromatic heterocycles. The Bertz CT molecular complexity index is 387. The highest BCUT2D eigenvalue weighted by Crippen LogP contribution is 2.37. The third-order valence-electron chi connectivity index (χ3n) is 1.48. The molecule has 1 rings (SSSR count). The van der Waals surface area contributed by atoms with Crippen molar-refractivity contribution in [3.05, 3.63) is 28.2 Å². The Hall–Kier alpha value is -0.560. The van der Waals surface area contributed by atoms with Gasteiger partial charge in [-0.05, 0) is 34.1 Å². The van der Waals surface area contributed by atoms with E-state index < -0.39 is 23.1 Å². The molecule has 0 bridgehead atoms. The second-order valence-corrected chi connectivity index (χ2v) is 3.99. The lowest BCUT2D eigenvalue weighted by Crippen LogP contribution is -2.16. The number of benzene rings is 1. The molecule has 90 valence electrons.